The first-order valence-electron chi connectivity index (χ1n) is 7.83. The molecule has 0 aromatic heterocycles. The van der Waals surface area contributed by atoms with E-state index in [1.54, 1.807) is 11.6 Å². The first kappa shape index (κ1) is 15.5. The number of quaternary nitrogens is 1. The standard InChI is InChI=1S/C14H28NO3P/c1-3-11-17-19(2,16)18-12-13-7-6-10-15-9-5-4-8-14(13)15/h13-14H,3-12H2,1-2H3/p+1/t13-,14+,19+/m0/s1. The highest BCUT2D eigenvalue weighted by atomic mass is 31.2. The zero-order valence-electron chi connectivity index (χ0n) is 12.4. The fourth-order valence-corrected chi connectivity index (χ4v) is 4.55. The van der Waals surface area contributed by atoms with Crippen molar-refractivity contribution in [2.24, 2.45) is 5.92 Å². The van der Waals surface area contributed by atoms with Crippen LogP contribution in [0.1, 0.15) is 45.4 Å². The molecule has 1 unspecified atom stereocenters. The van der Waals surface area contributed by atoms with Crippen LogP contribution in [0.2, 0.25) is 0 Å². The summed E-state index contributed by atoms with van der Waals surface area (Å²) in [4.78, 5) is 1.76. The number of hydrogen-bond acceptors (Lipinski definition) is 3. The summed E-state index contributed by atoms with van der Waals surface area (Å²) in [5.74, 6) is 0.572. The van der Waals surface area contributed by atoms with Crippen molar-refractivity contribution in [2.45, 2.75) is 51.5 Å². The third-order valence-electron chi connectivity index (χ3n) is 4.48. The minimum atomic E-state index is -2.83. The second-order valence-electron chi connectivity index (χ2n) is 6.06. The summed E-state index contributed by atoms with van der Waals surface area (Å²) in [6.07, 6.45) is 7.41. The monoisotopic (exact) mass is 290 g/mol. The highest BCUT2D eigenvalue weighted by molar-refractivity contribution is 7.52. The van der Waals surface area contributed by atoms with Crippen LogP contribution in [0.15, 0.2) is 0 Å². The highest BCUT2D eigenvalue weighted by Gasteiger charge is 2.37. The third kappa shape index (κ3) is 4.56. The second-order valence-corrected chi connectivity index (χ2v) is 8.12. The molecule has 0 saturated carbocycles. The van der Waals surface area contributed by atoms with Crippen molar-refractivity contribution in [2.75, 3.05) is 33.0 Å². The normalized spacial score (nSPS) is 34.5. The van der Waals surface area contributed by atoms with Crippen molar-refractivity contribution < 1.29 is 18.5 Å². The fourth-order valence-electron chi connectivity index (χ4n) is 3.50. The van der Waals surface area contributed by atoms with Gasteiger partial charge in [0, 0.05) is 12.6 Å². The van der Waals surface area contributed by atoms with Crippen molar-refractivity contribution >= 4 is 7.60 Å². The van der Waals surface area contributed by atoms with Gasteiger partial charge in [-0.1, -0.05) is 6.92 Å². The van der Waals surface area contributed by atoms with E-state index in [1.165, 1.54) is 45.2 Å². The van der Waals surface area contributed by atoms with E-state index in [2.05, 4.69) is 0 Å². The Balaban J connectivity index is 1.82. The SMILES string of the molecule is CCCO[P@@](C)(=O)OC[C@@H]1CCC[NH+]2CCCC[C@H]12. The van der Waals surface area contributed by atoms with Gasteiger partial charge < -0.3 is 13.9 Å². The average Bonchev–Trinajstić information content (AvgIpc) is 2.43. The Morgan fingerprint density at radius 2 is 1.95 bits per heavy atom. The van der Waals surface area contributed by atoms with Crippen LogP contribution in [-0.4, -0.2) is 39.0 Å². The van der Waals surface area contributed by atoms with Gasteiger partial charge in [-0.15, -0.1) is 0 Å². The molecule has 2 rings (SSSR count). The van der Waals surface area contributed by atoms with Crippen molar-refractivity contribution in [3.8, 4) is 0 Å². The van der Waals surface area contributed by atoms with Gasteiger partial charge in [-0.05, 0) is 38.5 Å². The molecule has 0 spiro atoms. The van der Waals surface area contributed by atoms with Gasteiger partial charge in [-0.2, -0.15) is 0 Å². The van der Waals surface area contributed by atoms with Gasteiger partial charge in [0.15, 0.2) is 0 Å². The van der Waals surface area contributed by atoms with E-state index < -0.39 is 7.60 Å². The molecule has 19 heavy (non-hydrogen) atoms. The molecule has 0 aromatic rings. The third-order valence-corrected chi connectivity index (χ3v) is 5.75. The topological polar surface area (TPSA) is 40.0 Å². The molecule has 0 radical (unpaired) electrons. The lowest BCUT2D eigenvalue weighted by Crippen LogP contribution is -3.18. The van der Waals surface area contributed by atoms with Crippen LogP contribution in [0.5, 0.6) is 0 Å². The summed E-state index contributed by atoms with van der Waals surface area (Å²) in [5.41, 5.74) is 0. The molecule has 1 N–H and O–H groups in total. The Morgan fingerprint density at radius 3 is 2.74 bits per heavy atom. The Hall–Kier alpha value is 0.110. The maximum Gasteiger partial charge on any atom is 0.327 e. The molecule has 2 saturated heterocycles. The molecule has 0 aliphatic carbocycles. The quantitative estimate of drug-likeness (QED) is 0.762. The zero-order chi connectivity index (χ0) is 13.7. The lowest BCUT2D eigenvalue weighted by atomic mass is 9.84. The predicted octanol–water partition coefficient (Wildman–Crippen LogP) is 2.10. The molecule has 5 heteroatoms. The molecule has 2 aliphatic heterocycles. The van der Waals surface area contributed by atoms with E-state index in [0.717, 1.165) is 12.5 Å². The van der Waals surface area contributed by atoms with Crippen LogP contribution >= 0.6 is 7.60 Å². The number of nitrogens with one attached hydrogen (secondary N) is 1. The molecule has 4 atom stereocenters. The van der Waals surface area contributed by atoms with Crippen molar-refractivity contribution in [3.63, 3.8) is 0 Å². The summed E-state index contributed by atoms with van der Waals surface area (Å²) >= 11 is 0. The van der Waals surface area contributed by atoms with Crippen molar-refractivity contribution in [1.29, 1.82) is 0 Å². The first-order chi connectivity index (χ1) is 9.12. The first-order valence-corrected chi connectivity index (χ1v) is 9.82. The van der Waals surface area contributed by atoms with Gasteiger partial charge >= 0.3 is 7.60 Å². The largest absolute Gasteiger partial charge is 0.332 e. The molecule has 112 valence electrons. The van der Waals surface area contributed by atoms with Gasteiger partial charge in [0.25, 0.3) is 0 Å². The molecule has 0 amide bonds. The summed E-state index contributed by atoms with van der Waals surface area (Å²) in [5, 5.41) is 0. The molecule has 4 nitrogen and oxygen atoms in total. The van der Waals surface area contributed by atoms with E-state index >= 15 is 0 Å². The predicted molar refractivity (Wildman–Crippen MR) is 76.8 cm³/mol. The van der Waals surface area contributed by atoms with Crippen LogP contribution in [0.25, 0.3) is 0 Å². The fraction of sp³-hybridized carbons (Fsp3) is 1.00. The summed E-state index contributed by atoms with van der Waals surface area (Å²) < 4.78 is 23.1. The zero-order valence-corrected chi connectivity index (χ0v) is 13.3. The Bertz CT molecular complexity index is 322. The van der Waals surface area contributed by atoms with E-state index in [4.69, 9.17) is 9.05 Å². The van der Waals surface area contributed by atoms with E-state index in [9.17, 15) is 4.57 Å². The maximum absolute atomic E-state index is 12.1. The maximum atomic E-state index is 12.1. The Labute approximate surface area is 117 Å². The number of piperidine rings is 2. The van der Waals surface area contributed by atoms with Crippen LogP contribution in [0, 0.1) is 5.92 Å². The Kier molecular flexibility index (Phi) is 5.88. The second kappa shape index (κ2) is 7.21. The van der Waals surface area contributed by atoms with Crippen LogP contribution in [0.3, 0.4) is 0 Å². The van der Waals surface area contributed by atoms with E-state index in [1.807, 2.05) is 6.92 Å². The van der Waals surface area contributed by atoms with E-state index in [0.29, 0.717) is 19.1 Å². The molecular formula is C14H29NO3P+. The molecule has 0 aromatic carbocycles. The summed E-state index contributed by atoms with van der Waals surface area (Å²) in [7, 11) is -2.83. The molecule has 0 bridgehead atoms. The van der Waals surface area contributed by atoms with Crippen LogP contribution in [-0.2, 0) is 13.6 Å². The molecule has 2 aliphatic rings. The van der Waals surface area contributed by atoms with Gasteiger partial charge in [-0.25, -0.2) is 0 Å². The summed E-state index contributed by atoms with van der Waals surface area (Å²) in [6.45, 7) is 7.40. The molecule has 2 heterocycles. The van der Waals surface area contributed by atoms with Gasteiger partial charge in [0.2, 0.25) is 0 Å². The number of fused-ring (bicyclic) bond motifs is 1. The lowest BCUT2D eigenvalue weighted by molar-refractivity contribution is -0.940. The van der Waals surface area contributed by atoms with E-state index in [-0.39, 0.29) is 0 Å². The Morgan fingerprint density at radius 1 is 1.16 bits per heavy atom. The van der Waals surface area contributed by atoms with Crippen LogP contribution < -0.4 is 4.90 Å². The van der Waals surface area contributed by atoms with Crippen molar-refractivity contribution in [3.05, 3.63) is 0 Å². The highest BCUT2D eigenvalue weighted by Crippen LogP contribution is 2.44. The van der Waals surface area contributed by atoms with Crippen molar-refractivity contribution in [1.82, 2.24) is 0 Å². The minimum Gasteiger partial charge on any atom is -0.332 e. The van der Waals surface area contributed by atoms with Crippen LogP contribution in [0.4, 0.5) is 0 Å². The number of hydrogen-bond donors (Lipinski definition) is 1. The lowest BCUT2D eigenvalue weighted by Gasteiger charge is -2.41. The smallest absolute Gasteiger partial charge is 0.327 e. The van der Waals surface area contributed by atoms with Gasteiger partial charge in [-0.3, -0.25) is 4.57 Å². The van der Waals surface area contributed by atoms with Gasteiger partial charge in [0.05, 0.1) is 32.3 Å². The molecule has 2 fully saturated rings. The average molecular weight is 290 g/mol. The minimum absolute atomic E-state index is 0.527. The molecular weight excluding hydrogens is 261 g/mol. The number of rotatable bonds is 6. The summed E-state index contributed by atoms with van der Waals surface area (Å²) in [6, 6.07) is 0.730. The van der Waals surface area contributed by atoms with Gasteiger partial charge in [0.1, 0.15) is 0 Å².